The number of benzene rings is 1. The number of carbonyl (C=O) groups is 2. The van der Waals surface area contributed by atoms with Crippen LogP contribution in [0.25, 0.3) is 0 Å². The summed E-state index contributed by atoms with van der Waals surface area (Å²) in [5.74, 6) is -3.75. The zero-order valence-corrected chi connectivity index (χ0v) is 12.6. The van der Waals surface area contributed by atoms with Gasteiger partial charge in [0.25, 0.3) is 5.91 Å². The van der Waals surface area contributed by atoms with Gasteiger partial charge in [0.15, 0.2) is 11.6 Å². The lowest BCUT2D eigenvalue weighted by atomic mass is 10.1. The fourth-order valence-corrected chi connectivity index (χ4v) is 2.18. The highest BCUT2D eigenvalue weighted by Gasteiger charge is 2.20. The van der Waals surface area contributed by atoms with E-state index in [9.17, 15) is 18.4 Å². The zero-order valence-electron chi connectivity index (χ0n) is 11.9. The van der Waals surface area contributed by atoms with E-state index in [4.69, 9.17) is 16.7 Å². The SMILES string of the molecule is O=C(O)CCN(Cc1cccc(F)c1F)C(=O)c1cc(Cl)c[nH]1. The minimum atomic E-state index is -1.10. The van der Waals surface area contributed by atoms with Gasteiger partial charge in [-0.15, -0.1) is 0 Å². The molecule has 0 unspecified atom stereocenters. The molecule has 2 rings (SSSR count). The normalized spacial score (nSPS) is 10.6. The number of carboxylic acid groups (broad SMARTS) is 1. The number of halogens is 3. The number of carbonyl (C=O) groups excluding carboxylic acids is 1. The fraction of sp³-hybridized carbons (Fsp3) is 0.200. The first-order valence-corrected chi connectivity index (χ1v) is 7.04. The van der Waals surface area contributed by atoms with Crippen molar-refractivity contribution in [3.05, 3.63) is 58.4 Å². The van der Waals surface area contributed by atoms with Crippen LogP contribution in [0.5, 0.6) is 0 Å². The molecule has 1 heterocycles. The van der Waals surface area contributed by atoms with Gasteiger partial charge < -0.3 is 15.0 Å². The minimum absolute atomic E-state index is 0.0404. The summed E-state index contributed by atoms with van der Waals surface area (Å²) in [7, 11) is 0. The molecule has 1 aromatic carbocycles. The lowest BCUT2D eigenvalue weighted by Gasteiger charge is -2.22. The van der Waals surface area contributed by atoms with Crippen molar-refractivity contribution < 1.29 is 23.5 Å². The first kappa shape index (κ1) is 17.0. The van der Waals surface area contributed by atoms with Crippen molar-refractivity contribution in [2.75, 3.05) is 6.54 Å². The Morgan fingerprint density at radius 3 is 2.65 bits per heavy atom. The first-order chi connectivity index (χ1) is 10.9. The van der Waals surface area contributed by atoms with Crippen LogP contribution in [0.3, 0.4) is 0 Å². The summed E-state index contributed by atoms with van der Waals surface area (Å²) in [5, 5.41) is 9.09. The average Bonchev–Trinajstić information content (AvgIpc) is 2.93. The topological polar surface area (TPSA) is 73.4 Å². The second kappa shape index (κ2) is 7.23. The van der Waals surface area contributed by atoms with Gasteiger partial charge in [0.1, 0.15) is 5.69 Å². The summed E-state index contributed by atoms with van der Waals surface area (Å²) in [5.41, 5.74) is 0.0959. The van der Waals surface area contributed by atoms with E-state index >= 15 is 0 Å². The maximum atomic E-state index is 13.8. The molecule has 0 bridgehead atoms. The molecule has 2 aromatic rings. The molecule has 8 heteroatoms. The van der Waals surface area contributed by atoms with E-state index in [0.717, 1.165) is 11.0 Å². The summed E-state index contributed by atoms with van der Waals surface area (Å²) in [6.45, 7) is -0.410. The third-order valence-electron chi connectivity index (χ3n) is 3.15. The highest BCUT2D eigenvalue weighted by Crippen LogP contribution is 2.17. The number of rotatable bonds is 6. The van der Waals surface area contributed by atoms with Crippen LogP contribution in [0.1, 0.15) is 22.5 Å². The van der Waals surface area contributed by atoms with Crippen molar-refractivity contribution in [2.24, 2.45) is 0 Å². The number of carboxylic acids is 1. The molecule has 2 N–H and O–H groups in total. The van der Waals surface area contributed by atoms with Crippen LogP contribution in [0.4, 0.5) is 8.78 Å². The molecule has 5 nitrogen and oxygen atoms in total. The molecule has 1 amide bonds. The molecule has 0 aliphatic carbocycles. The Morgan fingerprint density at radius 2 is 2.04 bits per heavy atom. The summed E-state index contributed by atoms with van der Waals surface area (Å²) in [6, 6.07) is 4.99. The van der Waals surface area contributed by atoms with Crippen molar-refractivity contribution in [1.29, 1.82) is 0 Å². The second-order valence-electron chi connectivity index (χ2n) is 4.81. The molecule has 0 saturated heterocycles. The van der Waals surface area contributed by atoms with Gasteiger partial charge in [0, 0.05) is 24.8 Å². The quantitative estimate of drug-likeness (QED) is 0.847. The Kier molecular flexibility index (Phi) is 5.33. The third-order valence-corrected chi connectivity index (χ3v) is 3.37. The van der Waals surface area contributed by atoms with Gasteiger partial charge >= 0.3 is 5.97 Å². The van der Waals surface area contributed by atoms with Gasteiger partial charge in [0.05, 0.1) is 11.4 Å². The van der Waals surface area contributed by atoms with Crippen LogP contribution < -0.4 is 0 Å². The molecule has 1 aromatic heterocycles. The Balaban J connectivity index is 2.24. The molecular formula is C15H13ClF2N2O3. The Labute approximate surface area is 135 Å². The molecule has 0 fully saturated rings. The van der Waals surface area contributed by atoms with Crippen molar-refractivity contribution >= 4 is 23.5 Å². The van der Waals surface area contributed by atoms with Gasteiger partial charge in [-0.05, 0) is 12.1 Å². The number of aromatic amines is 1. The summed E-state index contributed by atoms with van der Waals surface area (Å²) in [4.78, 5) is 26.9. The maximum Gasteiger partial charge on any atom is 0.305 e. The smallest absolute Gasteiger partial charge is 0.305 e. The van der Waals surface area contributed by atoms with Crippen molar-refractivity contribution in [2.45, 2.75) is 13.0 Å². The van der Waals surface area contributed by atoms with Gasteiger partial charge in [-0.3, -0.25) is 9.59 Å². The lowest BCUT2D eigenvalue weighted by Crippen LogP contribution is -2.33. The fourth-order valence-electron chi connectivity index (χ4n) is 2.02. The van der Waals surface area contributed by atoms with Crippen LogP contribution in [0.15, 0.2) is 30.5 Å². The molecule has 0 aliphatic heterocycles. The predicted molar refractivity (Wildman–Crippen MR) is 79.2 cm³/mol. The Morgan fingerprint density at radius 1 is 1.30 bits per heavy atom. The van der Waals surface area contributed by atoms with Gasteiger partial charge in [-0.25, -0.2) is 8.78 Å². The van der Waals surface area contributed by atoms with Crippen molar-refractivity contribution in [1.82, 2.24) is 9.88 Å². The van der Waals surface area contributed by atoms with E-state index in [-0.39, 0.29) is 30.8 Å². The molecular weight excluding hydrogens is 330 g/mol. The number of nitrogens with one attached hydrogen (secondary N) is 1. The number of nitrogens with zero attached hydrogens (tertiary/aromatic N) is 1. The molecule has 0 atom stereocenters. The summed E-state index contributed by atoms with van der Waals surface area (Å²) >= 11 is 5.74. The van der Waals surface area contributed by atoms with Crippen molar-refractivity contribution in [3.8, 4) is 0 Å². The van der Waals surface area contributed by atoms with Crippen LogP contribution in [0, 0.1) is 11.6 Å². The minimum Gasteiger partial charge on any atom is -0.481 e. The molecule has 0 saturated carbocycles. The van der Waals surface area contributed by atoms with Crippen LogP contribution in [0.2, 0.25) is 5.02 Å². The van der Waals surface area contributed by atoms with E-state index in [1.165, 1.54) is 24.4 Å². The van der Waals surface area contributed by atoms with E-state index in [2.05, 4.69) is 4.98 Å². The Bertz CT molecular complexity index is 733. The van der Waals surface area contributed by atoms with E-state index in [1.54, 1.807) is 0 Å². The van der Waals surface area contributed by atoms with E-state index in [0.29, 0.717) is 5.02 Å². The van der Waals surface area contributed by atoms with Gasteiger partial charge in [0.2, 0.25) is 0 Å². The lowest BCUT2D eigenvalue weighted by molar-refractivity contribution is -0.137. The number of aromatic nitrogens is 1. The highest BCUT2D eigenvalue weighted by atomic mass is 35.5. The standard InChI is InChI=1S/C15H13ClF2N2O3/c16-10-6-12(19-7-10)15(23)20(5-4-13(21)22)8-9-2-1-3-11(17)14(9)18/h1-3,6-7,19H,4-5,8H2,(H,21,22). The first-order valence-electron chi connectivity index (χ1n) is 6.66. The number of amides is 1. The zero-order chi connectivity index (χ0) is 17.0. The van der Waals surface area contributed by atoms with Crippen LogP contribution >= 0.6 is 11.6 Å². The van der Waals surface area contributed by atoms with E-state index in [1.807, 2.05) is 0 Å². The molecule has 122 valence electrons. The largest absolute Gasteiger partial charge is 0.481 e. The molecule has 0 spiro atoms. The second-order valence-corrected chi connectivity index (χ2v) is 5.25. The molecule has 0 radical (unpaired) electrons. The van der Waals surface area contributed by atoms with Gasteiger partial charge in [-0.2, -0.15) is 0 Å². The van der Waals surface area contributed by atoms with E-state index < -0.39 is 23.5 Å². The third kappa shape index (κ3) is 4.29. The van der Waals surface area contributed by atoms with Gasteiger partial charge in [-0.1, -0.05) is 23.7 Å². The summed E-state index contributed by atoms with van der Waals surface area (Å²) in [6.07, 6.45) is 1.07. The number of H-pyrrole nitrogens is 1. The highest BCUT2D eigenvalue weighted by molar-refractivity contribution is 6.30. The number of aliphatic carboxylic acids is 1. The monoisotopic (exact) mass is 342 g/mol. The van der Waals surface area contributed by atoms with Crippen LogP contribution in [-0.4, -0.2) is 33.4 Å². The van der Waals surface area contributed by atoms with Crippen LogP contribution in [-0.2, 0) is 11.3 Å². The number of hydrogen-bond donors (Lipinski definition) is 2. The Hall–Kier alpha value is -2.41. The molecule has 23 heavy (non-hydrogen) atoms. The average molecular weight is 343 g/mol. The number of hydrogen-bond acceptors (Lipinski definition) is 2. The maximum absolute atomic E-state index is 13.8. The molecule has 0 aliphatic rings. The van der Waals surface area contributed by atoms with Crippen molar-refractivity contribution in [3.63, 3.8) is 0 Å². The summed E-state index contributed by atoms with van der Waals surface area (Å²) < 4.78 is 27.0. The predicted octanol–water partition coefficient (Wildman–Crippen LogP) is 3.06.